The van der Waals surface area contributed by atoms with Crippen molar-refractivity contribution < 1.29 is 9.53 Å². The number of pyridine rings is 1. The van der Waals surface area contributed by atoms with Crippen LogP contribution >= 0.6 is 0 Å². The number of carbonyl (C=O) groups is 1. The monoisotopic (exact) mass is 370 g/mol. The lowest BCUT2D eigenvalue weighted by molar-refractivity contribution is 0.0167. The number of carbonyl (C=O) groups excluding carboxylic acids is 1. The van der Waals surface area contributed by atoms with E-state index in [-0.39, 0.29) is 12.1 Å². The fourth-order valence-electron chi connectivity index (χ4n) is 3.40. The van der Waals surface area contributed by atoms with Gasteiger partial charge in [0, 0.05) is 44.6 Å². The molecule has 2 aromatic heterocycles. The van der Waals surface area contributed by atoms with E-state index in [2.05, 4.69) is 31.7 Å². The van der Waals surface area contributed by atoms with Crippen LogP contribution in [-0.2, 0) is 11.3 Å². The number of morpholine rings is 1. The maximum absolute atomic E-state index is 12.5. The topological polar surface area (TPSA) is 84.3 Å². The standard InChI is InChI=1S/C19H26N6O2/c26-19(23-18-5-7-22-25(18)14-15-3-4-15)21-13-17(16-2-1-6-20-12-16)24-8-10-27-11-9-24/h1-2,5-7,12,15,17H,3-4,8-11,13-14H2,(H2,21,23,26)/t17-/m0/s1. The van der Waals surface area contributed by atoms with Crippen LogP contribution in [-0.4, -0.2) is 58.5 Å². The molecule has 2 aromatic rings. The highest BCUT2D eigenvalue weighted by Gasteiger charge is 2.25. The van der Waals surface area contributed by atoms with Gasteiger partial charge in [-0.3, -0.25) is 15.2 Å². The van der Waals surface area contributed by atoms with Crippen LogP contribution in [0.25, 0.3) is 0 Å². The van der Waals surface area contributed by atoms with Crippen LogP contribution in [0.15, 0.2) is 36.8 Å². The Balaban J connectivity index is 1.36. The van der Waals surface area contributed by atoms with E-state index in [4.69, 9.17) is 4.74 Å². The number of nitrogens with zero attached hydrogens (tertiary/aromatic N) is 4. The van der Waals surface area contributed by atoms with Crippen molar-refractivity contribution in [1.82, 2.24) is 25.0 Å². The van der Waals surface area contributed by atoms with E-state index in [1.165, 1.54) is 12.8 Å². The zero-order valence-corrected chi connectivity index (χ0v) is 15.4. The van der Waals surface area contributed by atoms with Gasteiger partial charge in [0.05, 0.1) is 25.5 Å². The number of ether oxygens (including phenoxy) is 1. The molecule has 1 aliphatic carbocycles. The molecule has 0 aromatic carbocycles. The van der Waals surface area contributed by atoms with Crippen LogP contribution in [0.3, 0.4) is 0 Å². The lowest BCUT2D eigenvalue weighted by Gasteiger charge is -2.34. The molecule has 3 heterocycles. The molecular weight excluding hydrogens is 344 g/mol. The van der Waals surface area contributed by atoms with Gasteiger partial charge in [0.1, 0.15) is 5.82 Å². The summed E-state index contributed by atoms with van der Waals surface area (Å²) in [6.45, 7) is 4.49. The van der Waals surface area contributed by atoms with Gasteiger partial charge in [-0.05, 0) is 30.4 Å². The Hall–Kier alpha value is -2.45. The minimum atomic E-state index is -0.213. The summed E-state index contributed by atoms with van der Waals surface area (Å²) in [5.74, 6) is 1.44. The summed E-state index contributed by atoms with van der Waals surface area (Å²) < 4.78 is 7.34. The summed E-state index contributed by atoms with van der Waals surface area (Å²) in [5.41, 5.74) is 1.10. The Morgan fingerprint density at radius 1 is 1.26 bits per heavy atom. The first-order chi connectivity index (χ1) is 13.3. The minimum Gasteiger partial charge on any atom is -0.379 e. The third-order valence-corrected chi connectivity index (χ3v) is 5.10. The van der Waals surface area contributed by atoms with E-state index in [9.17, 15) is 4.79 Å². The van der Waals surface area contributed by atoms with Crippen molar-refractivity contribution in [2.75, 3.05) is 38.2 Å². The quantitative estimate of drug-likeness (QED) is 0.777. The number of urea groups is 1. The van der Waals surface area contributed by atoms with Crippen molar-refractivity contribution in [1.29, 1.82) is 0 Å². The average Bonchev–Trinajstić information content (AvgIpc) is 3.42. The Kier molecular flexibility index (Phi) is 5.64. The SMILES string of the molecule is O=C(NC[C@@H](c1cccnc1)N1CCOCC1)Nc1ccnn1CC1CC1. The third-order valence-electron chi connectivity index (χ3n) is 5.10. The first-order valence-electron chi connectivity index (χ1n) is 9.58. The second-order valence-corrected chi connectivity index (χ2v) is 7.13. The predicted molar refractivity (Wildman–Crippen MR) is 101 cm³/mol. The molecule has 1 saturated heterocycles. The van der Waals surface area contributed by atoms with Crippen LogP contribution in [0, 0.1) is 5.92 Å². The van der Waals surface area contributed by atoms with Crippen LogP contribution in [0.2, 0.25) is 0 Å². The molecular formula is C19H26N6O2. The van der Waals surface area contributed by atoms with E-state index >= 15 is 0 Å². The molecule has 1 saturated carbocycles. The molecule has 2 aliphatic rings. The lowest BCUT2D eigenvalue weighted by atomic mass is 10.1. The predicted octanol–water partition coefficient (Wildman–Crippen LogP) is 1.88. The summed E-state index contributed by atoms with van der Waals surface area (Å²) in [6, 6.07) is 5.68. The van der Waals surface area contributed by atoms with E-state index in [1.807, 2.05) is 23.0 Å². The number of anilines is 1. The molecule has 0 unspecified atom stereocenters. The molecule has 27 heavy (non-hydrogen) atoms. The van der Waals surface area contributed by atoms with Gasteiger partial charge in [-0.25, -0.2) is 9.48 Å². The Bertz CT molecular complexity index is 740. The van der Waals surface area contributed by atoms with Gasteiger partial charge in [0.2, 0.25) is 0 Å². The molecule has 8 heteroatoms. The van der Waals surface area contributed by atoms with Gasteiger partial charge in [0.25, 0.3) is 0 Å². The van der Waals surface area contributed by atoms with Crippen LogP contribution in [0.1, 0.15) is 24.4 Å². The van der Waals surface area contributed by atoms with Crippen molar-refractivity contribution in [3.05, 3.63) is 42.4 Å². The minimum absolute atomic E-state index is 0.0738. The highest BCUT2D eigenvalue weighted by Crippen LogP contribution is 2.31. The van der Waals surface area contributed by atoms with E-state index in [1.54, 1.807) is 12.4 Å². The van der Waals surface area contributed by atoms with E-state index < -0.39 is 0 Å². The van der Waals surface area contributed by atoms with Gasteiger partial charge in [-0.2, -0.15) is 5.10 Å². The number of hydrogen-bond donors (Lipinski definition) is 2. The molecule has 2 N–H and O–H groups in total. The maximum Gasteiger partial charge on any atom is 0.320 e. The second kappa shape index (κ2) is 8.49. The van der Waals surface area contributed by atoms with Gasteiger partial charge in [0.15, 0.2) is 0 Å². The summed E-state index contributed by atoms with van der Waals surface area (Å²) in [7, 11) is 0. The number of nitrogens with one attached hydrogen (secondary N) is 2. The van der Waals surface area contributed by atoms with Crippen molar-refractivity contribution in [2.45, 2.75) is 25.4 Å². The number of amides is 2. The second-order valence-electron chi connectivity index (χ2n) is 7.13. The number of hydrogen-bond acceptors (Lipinski definition) is 5. The molecule has 144 valence electrons. The Morgan fingerprint density at radius 3 is 2.85 bits per heavy atom. The van der Waals surface area contributed by atoms with Crippen molar-refractivity contribution in [3.8, 4) is 0 Å². The highest BCUT2D eigenvalue weighted by molar-refractivity contribution is 5.88. The fraction of sp³-hybridized carbons (Fsp3) is 0.526. The number of rotatable bonds is 7. The molecule has 0 radical (unpaired) electrons. The summed E-state index contributed by atoms with van der Waals surface area (Å²) in [4.78, 5) is 19.0. The van der Waals surface area contributed by atoms with Gasteiger partial charge >= 0.3 is 6.03 Å². The Morgan fingerprint density at radius 2 is 2.11 bits per heavy atom. The average molecular weight is 370 g/mol. The molecule has 0 bridgehead atoms. The van der Waals surface area contributed by atoms with Crippen molar-refractivity contribution in [3.63, 3.8) is 0 Å². The number of aromatic nitrogens is 3. The van der Waals surface area contributed by atoms with Crippen LogP contribution in [0.4, 0.5) is 10.6 Å². The summed E-state index contributed by atoms with van der Waals surface area (Å²) in [6.07, 6.45) is 7.85. The first kappa shape index (κ1) is 17.9. The van der Waals surface area contributed by atoms with Crippen molar-refractivity contribution >= 4 is 11.8 Å². The molecule has 4 rings (SSSR count). The Labute approximate surface area is 158 Å². The molecule has 1 atom stereocenters. The molecule has 2 fully saturated rings. The molecule has 1 aliphatic heterocycles. The van der Waals surface area contributed by atoms with Crippen LogP contribution in [0.5, 0.6) is 0 Å². The maximum atomic E-state index is 12.5. The van der Waals surface area contributed by atoms with E-state index in [0.717, 1.165) is 31.0 Å². The normalized spacial score (nSPS) is 18.8. The lowest BCUT2D eigenvalue weighted by Crippen LogP contribution is -2.44. The molecule has 0 spiro atoms. The first-order valence-corrected chi connectivity index (χ1v) is 9.58. The zero-order valence-electron chi connectivity index (χ0n) is 15.4. The smallest absolute Gasteiger partial charge is 0.320 e. The van der Waals surface area contributed by atoms with Gasteiger partial charge in [-0.1, -0.05) is 6.07 Å². The molecule has 8 nitrogen and oxygen atoms in total. The third kappa shape index (κ3) is 4.84. The van der Waals surface area contributed by atoms with Crippen molar-refractivity contribution in [2.24, 2.45) is 5.92 Å². The molecule has 2 amide bonds. The largest absolute Gasteiger partial charge is 0.379 e. The van der Waals surface area contributed by atoms with Gasteiger partial charge in [-0.15, -0.1) is 0 Å². The van der Waals surface area contributed by atoms with Crippen LogP contribution < -0.4 is 10.6 Å². The zero-order chi connectivity index (χ0) is 18.5. The highest BCUT2D eigenvalue weighted by atomic mass is 16.5. The van der Waals surface area contributed by atoms with E-state index in [0.29, 0.717) is 25.7 Å². The summed E-state index contributed by atoms with van der Waals surface area (Å²) in [5, 5.41) is 10.2. The summed E-state index contributed by atoms with van der Waals surface area (Å²) >= 11 is 0. The van der Waals surface area contributed by atoms with Gasteiger partial charge < -0.3 is 10.1 Å². The fourth-order valence-corrected chi connectivity index (χ4v) is 3.40.